The first-order valence-corrected chi connectivity index (χ1v) is 16.1. The van der Waals surface area contributed by atoms with Crippen molar-refractivity contribution in [3.63, 3.8) is 0 Å². The molecule has 3 rings (SSSR count). The average Bonchev–Trinajstić information content (AvgIpc) is 3.09. The van der Waals surface area contributed by atoms with Gasteiger partial charge in [0.1, 0.15) is 11.5 Å². The fourth-order valence-electron chi connectivity index (χ4n) is 6.02. The third-order valence-corrected chi connectivity index (χ3v) is 11.1. The van der Waals surface area contributed by atoms with Gasteiger partial charge in [-0.25, -0.2) is 0 Å². The first-order chi connectivity index (χ1) is 17.5. The summed E-state index contributed by atoms with van der Waals surface area (Å²) in [6.45, 7) is 26.1. The molecule has 1 fully saturated rings. The van der Waals surface area contributed by atoms with Crippen molar-refractivity contribution >= 4 is 7.37 Å². The zero-order valence-electron chi connectivity index (χ0n) is 27.0. The maximum absolute atomic E-state index is 14.5. The van der Waals surface area contributed by atoms with Crippen molar-refractivity contribution in [3.8, 4) is 11.5 Å². The van der Waals surface area contributed by atoms with Crippen LogP contribution in [-0.4, -0.2) is 19.1 Å². The summed E-state index contributed by atoms with van der Waals surface area (Å²) < 4.78 is 26.4. The number of rotatable bonds is 4. The molecule has 1 N–H and O–H groups in total. The molecule has 0 spiro atoms. The standard InChI is InChI=1S/C34H53O4P/c1-31(2,3)23-17-21(18-24(29(23)37-13)32(4,5)6)27-15-16-28(39(27,35)36)22-19-25(33(7,8)9)30(38-14)26(20-22)34(10,11)12/h17-20,27-28H,15-16H2,1-14H3,(H,35,36)/t27-,28-/m1/s1. The molecule has 2 aromatic rings. The van der Waals surface area contributed by atoms with Crippen LogP contribution in [0.3, 0.4) is 0 Å². The molecule has 0 radical (unpaired) electrons. The number of benzene rings is 2. The van der Waals surface area contributed by atoms with E-state index in [1.807, 2.05) is 0 Å². The highest BCUT2D eigenvalue weighted by molar-refractivity contribution is 7.59. The summed E-state index contributed by atoms with van der Waals surface area (Å²) >= 11 is 0. The van der Waals surface area contributed by atoms with E-state index in [9.17, 15) is 9.46 Å². The Balaban J connectivity index is 2.24. The summed E-state index contributed by atoms with van der Waals surface area (Å²) in [6, 6.07) is 8.55. The molecule has 0 aliphatic carbocycles. The van der Waals surface area contributed by atoms with Crippen molar-refractivity contribution in [2.45, 2.75) is 129 Å². The predicted octanol–water partition coefficient (Wildman–Crippen LogP) is 9.74. The summed E-state index contributed by atoms with van der Waals surface area (Å²) in [7, 11) is -0.170. The molecule has 218 valence electrons. The van der Waals surface area contributed by atoms with E-state index >= 15 is 0 Å². The second-order valence-electron chi connectivity index (χ2n) is 15.6. The highest BCUT2D eigenvalue weighted by atomic mass is 31.2. The molecule has 2 aromatic carbocycles. The van der Waals surface area contributed by atoms with Crippen LogP contribution in [0.25, 0.3) is 0 Å². The minimum atomic E-state index is -3.62. The van der Waals surface area contributed by atoms with Gasteiger partial charge < -0.3 is 14.4 Å². The van der Waals surface area contributed by atoms with Gasteiger partial charge in [0.2, 0.25) is 7.37 Å². The zero-order chi connectivity index (χ0) is 29.9. The fourth-order valence-corrected chi connectivity index (χ4v) is 8.64. The van der Waals surface area contributed by atoms with Gasteiger partial charge in [-0.1, -0.05) is 107 Å². The first-order valence-electron chi connectivity index (χ1n) is 14.3. The average molecular weight is 557 g/mol. The highest BCUT2D eigenvalue weighted by Crippen LogP contribution is 2.74. The Morgan fingerprint density at radius 2 is 0.821 bits per heavy atom. The van der Waals surface area contributed by atoms with E-state index in [-0.39, 0.29) is 21.7 Å². The molecule has 1 aliphatic heterocycles. The molecule has 5 heteroatoms. The molecule has 0 saturated carbocycles. The summed E-state index contributed by atoms with van der Waals surface area (Å²) in [5.41, 5.74) is 4.78. The van der Waals surface area contributed by atoms with E-state index in [4.69, 9.17) is 9.47 Å². The Bertz CT molecular complexity index is 1100. The third-order valence-electron chi connectivity index (χ3n) is 8.24. The normalized spacial score (nSPS) is 20.3. The van der Waals surface area contributed by atoms with Crippen molar-refractivity contribution in [2.75, 3.05) is 14.2 Å². The molecular weight excluding hydrogens is 503 g/mol. The molecule has 0 aromatic heterocycles. The van der Waals surface area contributed by atoms with Crippen molar-refractivity contribution < 1.29 is 18.9 Å². The van der Waals surface area contributed by atoms with Gasteiger partial charge in [0, 0.05) is 22.3 Å². The monoisotopic (exact) mass is 556 g/mol. The van der Waals surface area contributed by atoms with Gasteiger partial charge in [-0.3, -0.25) is 4.57 Å². The van der Waals surface area contributed by atoms with Crippen LogP contribution in [0.2, 0.25) is 0 Å². The van der Waals surface area contributed by atoms with E-state index in [2.05, 4.69) is 107 Å². The van der Waals surface area contributed by atoms with Gasteiger partial charge >= 0.3 is 0 Å². The van der Waals surface area contributed by atoms with E-state index in [0.717, 1.165) is 44.9 Å². The molecule has 0 bridgehead atoms. The maximum atomic E-state index is 14.5. The van der Waals surface area contributed by atoms with Crippen molar-refractivity contribution in [1.29, 1.82) is 0 Å². The Morgan fingerprint density at radius 1 is 0.590 bits per heavy atom. The molecule has 1 aliphatic rings. The Kier molecular flexibility index (Phi) is 8.35. The lowest BCUT2D eigenvalue weighted by Crippen LogP contribution is -2.20. The van der Waals surface area contributed by atoms with E-state index in [1.165, 1.54) is 0 Å². The van der Waals surface area contributed by atoms with Gasteiger partial charge in [0.15, 0.2) is 0 Å². The van der Waals surface area contributed by atoms with Gasteiger partial charge in [0.05, 0.1) is 25.5 Å². The number of ether oxygens (including phenoxy) is 2. The van der Waals surface area contributed by atoms with E-state index < -0.39 is 18.7 Å². The zero-order valence-corrected chi connectivity index (χ0v) is 27.9. The van der Waals surface area contributed by atoms with E-state index in [0.29, 0.717) is 12.8 Å². The van der Waals surface area contributed by atoms with Crippen LogP contribution >= 0.6 is 7.37 Å². The number of hydrogen-bond acceptors (Lipinski definition) is 3. The van der Waals surface area contributed by atoms with Crippen molar-refractivity contribution in [2.24, 2.45) is 0 Å². The molecule has 0 amide bonds. The topological polar surface area (TPSA) is 55.8 Å². The Morgan fingerprint density at radius 3 is 1.00 bits per heavy atom. The lowest BCUT2D eigenvalue weighted by Gasteiger charge is -2.32. The minimum Gasteiger partial charge on any atom is -0.496 e. The second kappa shape index (κ2) is 10.3. The molecule has 2 atom stereocenters. The van der Waals surface area contributed by atoms with Gasteiger partial charge in [-0.15, -0.1) is 0 Å². The third kappa shape index (κ3) is 6.13. The van der Waals surface area contributed by atoms with Gasteiger partial charge in [-0.2, -0.15) is 0 Å². The lowest BCUT2D eigenvalue weighted by molar-refractivity contribution is 0.380. The first kappa shape index (κ1) is 31.8. The van der Waals surface area contributed by atoms with Crippen LogP contribution in [0.4, 0.5) is 0 Å². The second-order valence-corrected chi connectivity index (χ2v) is 18.2. The predicted molar refractivity (Wildman–Crippen MR) is 165 cm³/mol. The molecule has 1 heterocycles. The molecular formula is C34H53O4P. The molecule has 4 nitrogen and oxygen atoms in total. The van der Waals surface area contributed by atoms with Crippen LogP contribution < -0.4 is 9.47 Å². The fraction of sp³-hybridized carbons (Fsp3) is 0.647. The van der Waals surface area contributed by atoms with Crippen LogP contribution in [0, 0.1) is 0 Å². The quantitative estimate of drug-likeness (QED) is 0.381. The largest absolute Gasteiger partial charge is 0.496 e. The van der Waals surface area contributed by atoms with Gasteiger partial charge in [-0.05, 0) is 45.6 Å². The van der Waals surface area contributed by atoms with Crippen LogP contribution in [0.15, 0.2) is 24.3 Å². The van der Waals surface area contributed by atoms with Crippen molar-refractivity contribution in [3.05, 3.63) is 57.6 Å². The van der Waals surface area contributed by atoms with Crippen LogP contribution in [-0.2, 0) is 26.2 Å². The summed E-state index contributed by atoms with van der Waals surface area (Å²) in [5, 5.41) is 0. The Hall–Kier alpha value is -1.77. The SMILES string of the molecule is COc1c(C(C)(C)C)cc([C@H]2CC[C@H](c3cc(C(C)(C)C)c(OC)c(C(C)(C)C)c3)P2(=O)O)cc1C(C)(C)C. The summed E-state index contributed by atoms with van der Waals surface area (Å²) in [6.07, 6.45) is 1.36. The van der Waals surface area contributed by atoms with Gasteiger partial charge in [0.25, 0.3) is 0 Å². The number of hydrogen-bond donors (Lipinski definition) is 1. The van der Waals surface area contributed by atoms with E-state index in [1.54, 1.807) is 14.2 Å². The van der Waals surface area contributed by atoms with Crippen LogP contribution in [0.1, 0.15) is 141 Å². The highest BCUT2D eigenvalue weighted by Gasteiger charge is 2.48. The molecule has 39 heavy (non-hydrogen) atoms. The number of methoxy groups -OCH3 is 2. The Labute approximate surface area is 238 Å². The van der Waals surface area contributed by atoms with Crippen molar-refractivity contribution in [1.82, 2.24) is 0 Å². The lowest BCUT2D eigenvalue weighted by atomic mass is 9.77. The smallest absolute Gasteiger partial charge is 0.215 e. The minimum absolute atomic E-state index is 0.169. The summed E-state index contributed by atoms with van der Waals surface area (Å²) in [5.74, 6) is 1.78. The molecule has 1 saturated heterocycles. The molecule has 0 unspecified atom stereocenters. The van der Waals surface area contributed by atoms with Crippen LogP contribution in [0.5, 0.6) is 11.5 Å². The maximum Gasteiger partial charge on any atom is 0.215 e. The summed E-state index contributed by atoms with van der Waals surface area (Å²) in [4.78, 5) is 11.9.